The number of aryl methyl sites for hydroxylation is 1. The molecule has 0 radical (unpaired) electrons. The Labute approximate surface area is 124 Å². The number of nitrogen functional groups attached to an aromatic ring is 1. The van der Waals surface area contributed by atoms with Crippen LogP contribution in [0.25, 0.3) is 0 Å². The Kier molecular flexibility index (Phi) is 4.10. The summed E-state index contributed by atoms with van der Waals surface area (Å²) in [6, 6.07) is 1.67. The predicted octanol–water partition coefficient (Wildman–Crippen LogP) is 3.05. The second-order valence-corrected chi connectivity index (χ2v) is 6.28. The van der Waals surface area contributed by atoms with Gasteiger partial charge in [0.05, 0.1) is 18.4 Å². The number of amides is 1. The Morgan fingerprint density at radius 3 is 2.60 bits per heavy atom. The topological polar surface area (TPSA) is 81.4 Å². The molecule has 0 atom stereocenters. The zero-order valence-corrected chi connectivity index (χ0v) is 12.9. The van der Waals surface area contributed by atoms with Gasteiger partial charge >= 0.3 is 5.97 Å². The second kappa shape index (κ2) is 5.64. The number of nitrogens with two attached hydrogens (primary N) is 1. The highest BCUT2D eigenvalue weighted by atomic mass is 32.1. The van der Waals surface area contributed by atoms with Crippen LogP contribution in [0.3, 0.4) is 0 Å². The maximum atomic E-state index is 12.2. The van der Waals surface area contributed by atoms with Gasteiger partial charge in [0.15, 0.2) is 0 Å². The molecule has 0 aliphatic rings. The summed E-state index contributed by atoms with van der Waals surface area (Å²) in [5, 5.41) is 4.98. The third kappa shape index (κ3) is 2.54. The van der Waals surface area contributed by atoms with Crippen LogP contribution in [-0.4, -0.2) is 19.0 Å². The zero-order chi connectivity index (χ0) is 14.9. The first kappa shape index (κ1) is 14.5. The van der Waals surface area contributed by atoms with Gasteiger partial charge in [0.1, 0.15) is 9.88 Å². The maximum absolute atomic E-state index is 12.2. The van der Waals surface area contributed by atoms with E-state index < -0.39 is 5.97 Å². The largest absolute Gasteiger partial charge is 0.465 e. The molecule has 106 valence electrons. The van der Waals surface area contributed by atoms with Gasteiger partial charge in [0.2, 0.25) is 0 Å². The van der Waals surface area contributed by atoms with Crippen molar-refractivity contribution < 1.29 is 14.3 Å². The monoisotopic (exact) mass is 310 g/mol. The average molecular weight is 310 g/mol. The first-order chi connectivity index (χ1) is 9.45. The molecule has 2 aromatic heterocycles. The summed E-state index contributed by atoms with van der Waals surface area (Å²) >= 11 is 2.61. The SMILES string of the molecule is COC(=O)c1c(NC(=O)c2sccc2N)sc(C)c1C. The van der Waals surface area contributed by atoms with E-state index in [0.29, 0.717) is 21.1 Å². The van der Waals surface area contributed by atoms with E-state index in [1.807, 2.05) is 13.8 Å². The lowest BCUT2D eigenvalue weighted by Gasteiger charge is -2.05. The molecule has 0 unspecified atom stereocenters. The van der Waals surface area contributed by atoms with E-state index in [9.17, 15) is 9.59 Å². The van der Waals surface area contributed by atoms with Crippen LogP contribution in [0.15, 0.2) is 11.4 Å². The highest BCUT2D eigenvalue weighted by Gasteiger charge is 2.22. The summed E-state index contributed by atoms with van der Waals surface area (Å²) in [5.41, 5.74) is 7.36. The van der Waals surface area contributed by atoms with Crippen molar-refractivity contribution in [1.82, 2.24) is 0 Å². The number of anilines is 2. The minimum Gasteiger partial charge on any atom is -0.465 e. The van der Waals surface area contributed by atoms with Crippen LogP contribution < -0.4 is 11.1 Å². The number of hydrogen-bond acceptors (Lipinski definition) is 6. The minimum absolute atomic E-state index is 0.316. The van der Waals surface area contributed by atoms with Crippen LogP contribution in [0.1, 0.15) is 30.5 Å². The Morgan fingerprint density at radius 1 is 1.35 bits per heavy atom. The van der Waals surface area contributed by atoms with E-state index in [4.69, 9.17) is 10.5 Å². The summed E-state index contributed by atoms with van der Waals surface area (Å²) in [5.74, 6) is -0.773. The van der Waals surface area contributed by atoms with E-state index in [0.717, 1.165) is 10.4 Å². The number of ether oxygens (including phenoxy) is 1. The summed E-state index contributed by atoms with van der Waals surface area (Å²) in [7, 11) is 1.32. The highest BCUT2D eigenvalue weighted by Crippen LogP contribution is 2.33. The van der Waals surface area contributed by atoms with Gasteiger partial charge in [0.25, 0.3) is 5.91 Å². The fourth-order valence-electron chi connectivity index (χ4n) is 1.73. The van der Waals surface area contributed by atoms with Crippen LogP contribution in [-0.2, 0) is 4.74 Å². The molecule has 0 aliphatic heterocycles. The van der Waals surface area contributed by atoms with Crippen molar-refractivity contribution in [3.05, 3.63) is 32.3 Å². The lowest BCUT2D eigenvalue weighted by Crippen LogP contribution is -2.14. The average Bonchev–Trinajstić information content (AvgIpc) is 2.94. The van der Waals surface area contributed by atoms with E-state index in [2.05, 4.69) is 5.32 Å². The van der Waals surface area contributed by atoms with Gasteiger partial charge in [-0.05, 0) is 30.9 Å². The zero-order valence-electron chi connectivity index (χ0n) is 11.3. The third-order valence-electron chi connectivity index (χ3n) is 2.90. The Bertz CT molecular complexity index is 673. The molecule has 0 spiro atoms. The number of esters is 1. The summed E-state index contributed by atoms with van der Waals surface area (Å²) in [4.78, 5) is 25.4. The number of hydrogen-bond donors (Lipinski definition) is 2. The molecule has 0 aliphatic carbocycles. The molecule has 5 nitrogen and oxygen atoms in total. The van der Waals surface area contributed by atoms with Crippen LogP contribution >= 0.6 is 22.7 Å². The molecule has 2 aromatic rings. The van der Waals surface area contributed by atoms with Crippen LogP contribution in [0, 0.1) is 13.8 Å². The Morgan fingerprint density at radius 2 is 2.05 bits per heavy atom. The summed E-state index contributed by atoms with van der Waals surface area (Å²) in [6.45, 7) is 3.72. The van der Waals surface area contributed by atoms with Crippen molar-refractivity contribution in [3.8, 4) is 0 Å². The molecule has 1 amide bonds. The van der Waals surface area contributed by atoms with Crippen molar-refractivity contribution >= 4 is 45.2 Å². The smallest absolute Gasteiger partial charge is 0.341 e. The van der Waals surface area contributed by atoms with Gasteiger partial charge in [-0.3, -0.25) is 4.79 Å². The second-order valence-electron chi connectivity index (χ2n) is 4.14. The standard InChI is InChI=1S/C13H14N2O3S2/c1-6-7(2)20-12(9(6)13(17)18-3)15-11(16)10-8(14)4-5-19-10/h4-5H,14H2,1-3H3,(H,15,16). The van der Waals surface area contributed by atoms with Crippen molar-refractivity contribution in [2.75, 3.05) is 18.2 Å². The predicted molar refractivity (Wildman–Crippen MR) is 81.8 cm³/mol. The number of carbonyl (C=O) groups excluding carboxylic acids is 2. The van der Waals surface area contributed by atoms with E-state index in [1.54, 1.807) is 11.4 Å². The van der Waals surface area contributed by atoms with Crippen LogP contribution in [0.5, 0.6) is 0 Å². The van der Waals surface area contributed by atoms with Crippen LogP contribution in [0.4, 0.5) is 10.7 Å². The molecule has 0 aromatic carbocycles. The van der Waals surface area contributed by atoms with Gasteiger partial charge in [-0.15, -0.1) is 22.7 Å². The van der Waals surface area contributed by atoms with Crippen molar-refractivity contribution in [2.45, 2.75) is 13.8 Å². The number of methoxy groups -OCH3 is 1. The molecule has 0 bridgehead atoms. The summed E-state index contributed by atoms with van der Waals surface area (Å²) in [6.07, 6.45) is 0. The normalized spacial score (nSPS) is 10.3. The van der Waals surface area contributed by atoms with Gasteiger partial charge in [-0.25, -0.2) is 4.79 Å². The molecule has 0 saturated heterocycles. The molecule has 20 heavy (non-hydrogen) atoms. The van der Waals surface area contributed by atoms with Gasteiger partial charge < -0.3 is 15.8 Å². The van der Waals surface area contributed by atoms with Crippen molar-refractivity contribution in [1.29, 1.82) is 0 Å². The minimum atomic E-state index is -0.457. The van der Waals surface area contributed by atoms with Crippen molar-refractivity contribution in [3.63, 3.8) is 0 Å². The first-order valence-corrected chi connectivity index (χ1v) is 7.48. The fourth-order valence-corrected chi connectivity index (χ4v) is 3.48. The van der Waals surface area contributed by atoms with E-state index >= 15 is 0 Å². The third-order valence-corrected chi connectivity index (χ3v) is 4.96. The van der Waals surface area contributed by atoms with Gasteiger partial charge in [-0.2, -0.15) is 0 Å². The fraction of sp³-hybridized carbons (Fsp3) is 0.231. The molecule has 2 rings (SSSR count). The Balaban J connectivity index is 2.35. The number of nitrogens with one attached hydrogen (secondary N) is 1. The molecule has 0 saturated carbocycles. The Hall–Kier alpha value is -1.86. The van der Waals surface area contributed by atoms with Crippen molar-refractivity contribution in [2.24, 2.45) is 0 Å². The molecule has 3 N–H and O–H groups in total. The quantitative estimate of drug-likeness (QED) is 0.854. The molecular weight excluding hydrogens is 296 g/mol. The lowest BCUT2D eigenvalue weighted by molar-refractivity contribution is 0.0601. The lowest BCUT2D eigenvalue weighted by atomic mass is 10.1. The van der Waals surface area contributed by atoms with Gasteiger partial charge in [-0.1, -0.05) is 0 Å². The molecule has 0 fully saturated rings. The van der Waals surface area contributed by atoms with E-state index in [1.165, 1.54) is 29.8 Å². The first-order valence-electron chi connectivity index (χ1n) is 5.78. The maximum Gasteiger partial charge on any atom is 0.341 e. The molecule has 7 heteroatoms. The number of thiophene rings is 2. The van der Waals surface area contributed by atoms with Gasteiger partial charge in [0, 0.05) is 4.88 Å². The molecule has 2 heterocycles. The summed E-state index contributed by atoms with van der Waals surface area (Å²) < 4.78 is 4.76. The highest BCUT2D eigenvalue weighted by molar-refractivity contribution is 7.17. The number of carbonyl (C=O) groups is 2. The van der Waals surface area contributed by atoms with E-state index in [-0.39, 0.29) is 5.91 Å². The number of rotatable bonds is 3. The molecular formula is C13H14N2O3S2. The van der Waals surface area contributed by atoms with Crippen LogP contribution in [0.2, 0.25) is 0 Å².